The second kappa shape index (κ2) is 6.11. The SMILES string of the molecule is Cc1cccc(CCC(N)C(F)(F)F)c1.Cl. The monoisotopic (exact) mass is 253 g/mol. The number of alkyl halides is 3. The van der Waals surface area contributed by atoms with E-state index >= 15 is 0 Å². The van der Waals surface area contributed by atoms with E-state index in [-0.39, 0.29) is 18.8 Å². The summed E-state index contributed by atoms with van der Waals surface area (Å²) < 4.78 is 36.3. The molecule has 92 valence electrons. The Hall–Kier alpha value is -0.740. The molecule has 0 spiro atoms. The van der Waals surface area contributed by atoms with Gasteiger partial charge in [0.15, 0.2) is 0 Å². The Morgan fingerprint density at radius 2 is 1.94 bits per heavy atom. The first-order chi connectivity index (χ1) is 6.89. The second-order valence-electron chi connectivity index (χ2n) is 3.68. The van der Waals surface area contributed by atoms with Crippen LogP contribution in [0.25, 0.3) is 0 Å². The molecule has 16 heavy (non-hydrogen) atoms. The van der Waals surface area contributed by atoms with E-state index < -0.39 is 12.2 Å². The summed E-state index contributed by atoms with van der Waals surface area (Å²) in [6.07, 6.45) is -3.99. The van der Waals surface area contributed by atoms with Crippen molar-refractivity contribution in [2.24, 2.45) is 5.73 Å². The fourth-order valence-electron chi connectivity index (χ4n) is 1.35. The second-order valence-corrected chi connectivity index (χ2v) is 3.68. The molecular weight excluding hydrogens is 239 g/mol. The highest BCUT2D eigenvalue weighted by Crippen LogP contribution is 2.21. The van der Waals surface area contributed by atoms with E-state index in [1.54, 1.807) is 0 Å². The Balaban J connectivity index is 0.00000225. The van der Waals surface area contributed by atoms with E-state index in [1.165, 1.54) is 0 Å². The normalized spacial score (nSPS) is 13.1. The van der Waals surface area contributed by atoms with Crippen molar-refractivity contribution in [3.63, 3.8) is 0 Å². The molecule has 1 nitrogen and oxygen atoms in total. The molecule has 0 saturated carbocycles. The molecule has 0 radical (unpaired) electrons. The lowest BCUT2D eigenvalue weighted by molar-refractivity contribution is -0.148. The first kappa shape index (κ1) is 15.3. The molecule has 0 aliphatic carbocycles. The lowest BCUT2D eigenvalue weighted by Gasteiger charge is -2.15. The molecule has 0 amide bonds. The van der Waals surface area contributed by atoms with Gasteiger partial charge in [-0.05, 0) is 25.3 Å². The maximum Gasteiger partial charge on any atom is 0.403 e. The summed E-state index contributed by atoms with van der Waals surface area (Å²) in [5, 5.41) is 0. The minimum Gasteiger partial charge on any atom is -0.320 e. The Morgan fingerprint density at radius 3 is 2.44 bits per heavy atom. The first-order valence-corrected chi connectivity index (χ1v) is 4.77. The van der Waals surface area contributed by atoms with E-state index in [0.717, 1.165) is 11.1 Å². The molecule has 1 unspecified atom stereocenters. The van der Waals surface area contributed by atoms with E-state index in [9.17, 15) is 13.2 Å². The number of benzene rings is 1. The Bertz CT molecular complexity index is 325. The van der Waals surface area contributed by atoms with Gasteiger partial charge in [0.05, 0.1) is 0 Å². The Labute approximate surface area is 99.2 Å². The van der Waals surface area contributed by atoms with Crippen molar-refractivity contribution in [1.29, 1.82) is 0 Å². The zero-order valence-electron chi connectivity index (χ0n) is 8.92. The molecule has 0 heterocycles. The Morgan fingerprint density at radius 1 is 1.31 bits per heavy atom. The summed E-state index contributed by atoms with van der Waals surface area (Å²) in [6, 6.07) is 5.72. The van der Waals surface area contributed by atoms with Gasteiger partial charge in [0.25, 0.3) is 0 Å². The van der Waals surface area contributed by atoms with Gasteiger partial charge in [-0.3, -0.25) is 0 Å². The summed E-state index contributed by atoms with van der Waals surface area (Å²) in [5.41, 5.74) is 6.96. The van der Waals surface area contributed by atoms with Crippen LogP contribution in [0, 0.1) is 6.92 Å². The van der Waals surface area contributed by atoms with Gasteiger partial charge in [0.2, 0.25) is 0 Å². The fourth-order valence-corrected chi connectivity index (χ4v) is 1.35. The summed E-state index contributed by atoms with van der Waals surface area (Å²) in [5.74, 6) is 0. The summed E-state index contributed by atoms with van der Waals surface area (Å²) >= 11 is 0. The van der Waals surface area contributed by atoms with Crippen molar-refractivity contribution in [3.8, 4) is 0 Å². The van der Waals surface area contributed by atoms with Gasteiger partial charge >= 0.3 is 6.18 Å². The molecule has 1 atom stereocenters. The number of hydrogen-bond donors (Lipinski definition) is 1. The third kappa shape index (κ3) is 4.86. The van der Waals surface area contributed by atoms with Gasteiger partial charge in [-0.25, -0.2) is 0 Å². The molecular formula is C11H15ClF3N. The Kier molecular flexibility index (Phi) is 5.83. The van der Waals surface area contributed by atoms with Gasteiger partial charge in [-0.15, -0.1) is 12.4 Å². The topological polar surface area (TPSA) is 26.0 Å². The van der Waals surface area contributed by atoms with Gasteiger partial charge < -0.3 is 5.73 Å². The van der Waals surface area contributed by atoms with Gasteiger partial charge in [0, 0.05) is 0 Å². The molecule has 0 bridgehead atoms. The maximum absolute atomic E-state index is 12.1. The largest absolute Gasteiger partial charge is 0.403 e. The number of hydrogen-bond acceptors (Lipinski definition) is 1. The van der Waals surface area contributed by atoms with Crippen LogP contribution in [0.1, 0.15) is 17.5 Å². The summed E-state index contributed by atoms with van der Waals surface area (Å²) in [6.45, 7) is 1.91. The average Bonchev–Trinajstić information content (AvgIpc) is 2.12. The first-order valence-electron chi connectivity index (χ1n) is 4.77. The van der Waals surface area contributed by atoms with Crippen LogP contribution in [-0.4, -0.2) is 12.2 Å². The van der Waals surface area contributed by atoms with Gasteiger partial charge in [-0.2, -0.15) is 13.2 Å². The van der Waals surface area contributed by atoms with Crippen molar-refractivity contribution >= 4 is 12.4 Å². The highest BCUT2D eigenvalue weighted by atomic mass is 35.5. The van der Waals surface area contributed by atoms with Crippen LogP contribution in [-0.2, 0) is 6.42 Å². The van der Waals surface area contributed by atoms with Crippen LogP contribution in [0.15, 0.2) is 24.3 Å². The molecule has 0 aliphatic rings. The van der Waals surface area contributed by atoms with Crippen molar-refractivity contribution < 1.29 is 13.2 Å². The predicted molar refractivity (Wildman–Crippen MR) is 60.8 cm³/mol. The van der Waals surface area contributed by atoms with Crippen LogP contribution >= 0.6 is 12.4 Å². The molecule has 0 saturated heterocycles. The minimum absolute atomic E-state index is 0. The number of nitrogens with two attached hydrogens (primary N) is 1. The molecule has 0 aromatic heterocycles. The average molecular weight is 254 g/mol. The van der Waals surface area contributed by atoms with Gasteiger partial charge in [0.1, 0.15) is 6.04 Å². The number of halogens is 4. The molecule has 1 rings (SSSR count). The van der Waals surface area contributed by atoms with Crippen molar-refractivity contribution in [3.05, 3.63) is 35.4 Å². The van der Waals surface area contributed by atoms with Crippen LogP contribution in [0.2, 0.25) is 0 Å². The van der Waals surface area contributed by atoms with Crippen LogP contribution in [0.3, 0.4) is 0 Å². The zero-order valence-corrected chi connectivity index (χ0v) is 9.74. The van der Waals surface area contributed by atoms with Crippen molar-refractivity contribution in [2.45, 2.75) is 32.0 Å². The molecule has 1 aromatic rings. The quantitative estimate of drug-likeness (QED) is 0.879. The summed E-state index contributed by atoms with van der Waals surface area (Å²) in [4.78, 5) is 0. The van der Waals surface area contributed by atoms with E-state index in [2.05, 4.69) is 0 Å². The molecule has 0 aliphatic heterocycles. The maximum atomic E-state index is 12.1. The van der Waals surface area contributed by atoms with Crippen LogP contribution < -0.4 is 5.73 Å². The van der Waals surface area contributed by atoms with E-state index in [4.69, 9.17) is 5.73 Å². The minimum atomic E-state index is -4.29. The lowest BCUT2D eigenvalue weighted by atomic mass is 10.0. The van der Waals surface area contributed by atoms with Gasteiger partial charge in [-0.1, -0.05) is 29.8 Å². The predicted octanol–water partition coefficient (Wildman–Crippen LogP) is 3.24. The highest BCUT2D eigenvalue weighted by Gasteiger charge is 2.35. The number of rotatable bonds is 3. The molecule has 2 N–H and O–H groups in total. The smallest absolute Gasteiger partial charge is 0.320 e. The number of aryl methyl sites for hydroxylation is 2. The van der Waals surface area contributed by atoms with Crippen LogP contribution in [0.5, 0.6) is 0 Å². The summed E-state index contributed by atoms with van der Waals surface area (Å²) in [7, 11) is 0. The zero-order chi connectivity index (χ0) is 11.5. The third-order valence-corrected chi connectivity index (χ3v) is 2.25. The molecule has 0 fully saturated rings. The fraction of sp³-hybridized carbons (Fsp3) is 0.455. The van der Waals surface area contributed by atoms with Crippen molar-refractivity contribution in [1.82, 2.24) is 0 Å². The van der Waals surface area contributed by atoms with E-state index in [1.807, 2.05) is 31.2 Å². The van der Waals surface area contributed by atoms with Crippen LogP contribution in [0.4, 0.5) is 13.2 Å². The third-order valence-electron chi connectivity index (χ3n) is 2.25. The van der Waals surface area contributed by atoms with Crippen molar-refractivity contribution in [2.75, 3.05) is 0 Å². The highest BCUT2D eigenvalue weighted by molar-refractivity contribution is 5.85. The molecule has 5 heteroatoms. The van der Waals surface area contributed by atoms with E-state index in [0.29, 0.717) is 6.42 Å². The molecule has 1 aromatic carbocycles. The standard InChI is InChI=1S/C11H14F3N.ClH/c1-8-3-2-4-9(7-8)5-6-10(15)11(12,13)14;/h2-4,7,10H,5-6,15H2,1H3;1H. The lowest BCUT2D eigenvalue weighted by Crippen LogP contribution is -2.37.